The van der Waals surface area contributed by atoms with Gasteiger partial charge in [0, 0.05) is 19.8 Å². The van der Waals surface area contributed by atoms with Crippen molar-refractivity contribution in [3.63, 3.8) is 0 Å². The van der Waals surface area contributed by atoms with Crippen molar-refractivity contribution in [2.24, 2.45) is 17.8 Å². The highest BCUT2D eigenvalue weighted by Crippen LogP contribution is 2.16. The van der Waals surface area contributed by atoms with Crippen molar-refractivity contribution in [2.75, 3.05) is 19.8 Å². The minimum absolute atomic E-state index is 0.662. The van der Waals surface area contributed by atoms with Crippen LogP contribution in [0.1, 0.15) is 120 Å². The minimum atomic E-state index is -2.08. The Labute approximate surface area is 218 Å². The van der Waals surface area contributed by atoms with Crippen molar-refractivity contribution in [3.05, 3.63) is 34.9 Å². The Morgan fingerprint density at radius 1 is 0.500 bits per heavy atom. The maximum absolute atomic E-state index is 6.19. The molecule has 0 rings (SSSR count). The van der Waals surface area contributed by atoms with Crippen molar-refractivity contribution in [1.82, 2.24) is 0 Å². The highest BCUT2D eigenvalue weighted by atomic mass is 27.3. The van der Waals surface area contributed by atoms with Gasteiger partial charge in [0.2, 0.25) is 0 Å². The molecule has 0 heterocycles. The molecule has 0 aromatic carbocycles. The first-order chi connectivity index (χ1) is 16.1. The Morgan fingerprint density at radius 2 is 0.765 bits per heavy atom. The van der Waals surface area contributed by atoms with Gasteiger partial charge in [0.25, 0.3) is 0 Å². The van der Waals surface area contributed by atoms with Crippen LogP contribution in [0.5, 0.6) is 0 Å². The lowest BCUT2D eigenvalue weighted by Crippen LogP contribution is -2.30. The lowest BCUT2D eigenvalue weighted by atomic mass is 10.0. The fourth-order valence-electron chi connectivity index (χ4n) is 3.64. The monoisotopic (exact) mass is 492 g/mol. The average molecular weight is 493 g/mol. The molecule has 0 aromatic rings. The number of rotatable bonds is 21. The topological polar surface area (TPSA) is 27.7 Å². The van der Waals surface area contributed by atoms with E-state index in [9.17, 15) is 0 Å². The first-order valence-electron chi connectivity index (χ1n) is 13.8. The van der Waals surface area contributed by atoms with Crippen LogP contribution in [0.25, 0.3) is 0 Å². The fraction of sp³-hybridized carbons (Fsp3) is 0.800. The van der Waals surface area contributed by atoms with Crippen LogP contribution < -0.4 is 0 Å². The number of allylic oxidation sites excluding steroid dienone is 6. The molecule has 0 aliphatic heterocycles. The third kappa shape index (κ3) is 23.4. The van der Waals surface area contributed by atoms with Gasteiger partial charge in [-0.2, -0.15) is 0 Å². The molecule has 0 bridgehead atoms. The summed E-state index contributed by atoms with van der Waals surface area (Å²) in [5, 5.41) is 0. The zero-order valence-electron chi connectivity index (χ0n) is 24.3. The van der Waals surface area contributed by atoms with E-state index in [4.69, 9.17) is 11.4 Å². The van der Waals surface area contributed by atoms with Gasteiger partial charge in [0.1, 0.15) is 0 Å². The summed E-state index contributed by atoms with van der Waals surface area (Å²) in [5.41, 5.74) is 4.22. The standard InChI is InChI=1S/3C10H19O.Al/c3*1-9(2)5-4-6-10(3)7-8-11;/h3*5,10H,4,6-8H2,1-3H3;/q3*-1;+3. The van der Waals surface area contributed by atoms with Crippen LogP contribution in [0, 0.1) is 17.8 Å². The molecule has 0 radical (unpaired) electrons. The summed E-state index contributed by atoms with van der Waals surface area (Å²) in [4.78, 5) is 0. The van der Waals surface area contributed by atoms with E-state index >= 15 is 0 Å². The van der Waals surface area contributed by atoms with Crippen LogP contribution >= 0.6 is 0 Å². The molecule has 0 amide bonds. The maximum atomic E-state index is 6.19. The van der Waals surface area contributed by atoms with Crippen LogP contribution in [0.2, 0.25) is 0 Å². The van der Waals surface area contributed by atoms with Crippen molar-refractivity contribution >= 4 is 15.1 Å². The van der Waals surface area contributed by atoms with Gasteiger partial charge in [0.15, 0.2) is 0 Å². The molecule has 0 fully saturated rings. The molecule has 34 heavy (non-hydrogen) atoms. The maximum Gasteiger partial charge on any atom is 0.905 e. The van der Waals surface area contributed by atoms with E-state index in [0.717, 1.165) is 58.3 Å². The van der Waals surface area contributed by atoms with E-state index in [0.29, 0.717) is 17.8 Å². The van der Waals surface area contributed by atoms with Crippen LogP contribution in [0.15, 0.2) is 34.9 Å². The number of hydrogen-bond donors (Lipinski definition) is 0. The Hall–Kier alpha value is -0.368. The normalized spacial score (nSPS) is 13.7. The van der Waals surface area contributed by atoms with E-state index in [1.54, 1.807) is 0 Å². The van der Waals surface area contributed by atoms with Crippen LogP contribution in [0.3, 0.4) is 0 Å². The molecule has 3 nitrogen and oxygen atoms in total. The van der Waals surface area contributed by atoms with Crippen molar-refractivity contribution in [2.45, 2.75) is 120 Å². The molecule has 0 spiro atoms. The van der Waals surface area contributed by atoms with Crippen LogP contribution in [-0.2, 0) is 11.4 Å². The quantitative estimate of drug-likeness (QED) is 0.118. The van der Waals surface area contributed by atoms with Crippen molar-refractivity contribution < 1.29 is 11.4 Å². The van der Waals surface area contributed by atoms with E-state index in [1.807, 2.05) is 0 Å². The first-order valence-corrected chi connectivity index (χ1v) is 15.3. The lowest BCUT2D eigenvalue weighted by Gasteiger charge is -2.18. The Morgan fingerprint density at radius 3 is 1.00 bits per heavy atom. The first kappa shape index (κ1) is 33.6. The third-order valence-electron chi connectivity index (χ3n) is 6.23. The molecule has 0 saturated carbocycles. The highest BCUT2D eigenvalue weighted by Gasteiger charge is 2.31. The highest BCUT2D eigenvalue weighted by molar-refractivity contribution is 6.36. The summed E-state index contributed by atoms with van der Waals surface area (Å²) in [6, 6.07) is 0. The van der Waals surface area contributed by atoms with Gasteiger partial charge in [-0.25, -0.2) is 0 Å². The fourth-order valence-corrected chi connectivity index (χ4v) is 4.92. The second-order valence-electron chi connectivity index (χ2n) is 11.2. The van der Waals surface area contributed by atoms with Gasteiger partial charge in [-0.1, -0.05) is 55.7 Å². The SMILES string of the molecule is CC(C)=CCCC(C)CC[O][Al]([O]CCC(C)CCC=C(C)C)[O]CCC(C)CCC=C(C)C. The largest absolute Gasteiger partial charge is 0.905 e. The Bertz CT molecular complexity index is 489. The molecule has 198 valence electrons. The molecule has 0 aliphatic rings. The smallest absolute Gasteiger partial charge is 0.454 e. The second kappa shape index (κ2) is 21.9. The van der Waals surface area contributed by atoms with Crippen LogP contribution in [0.4, 0.5) is 0 Å². The summed E-state index contributed by atoms with van der Waals surface area (Å²) in [6.07, 6.45) is 17.3. The predicted octanol–water partition coefficient (Wildman–Crippen LogP) is 9.34. The average Bonchev–Trinajstić information content (AvgIpc) is 2.72. The Kier molecular flexibility index (Phi) is 21.6. The van der Waals surface area contributed by atoms with Gasteiger partial charge in [-0.05, 0) is 117 Å². The molecule has 0 aliphatic carbocycles. The zero-order chi connectivity index (χ0) is 25.8. The second-order valence-corrected chi connectivity index (χ2v) is 12.7. The molecule has 0 N–H and O–H groups in total. The number of hydrogen-bond acceptors (Lipinski definition) is 3. The van der Waals surface area contributed by atoms with Crippen LogP contribution in [-0.4, -0.2) is 35.0 Å². The lowest BCUT2D eigenvalue weighted by molar-refractivity contribution is 0.0802. The summed E-state index contributed by atoms with van der Waals surface area (Å²) in [7, 11) is 0. The zero-order valence-corrected chi connectivity index (χ0v) is 25.4. The van der Waals surface area contributed by atoms with E-state index in [2.05, 4.69) is 80.5 Å². The summed E-state index contributed by atoms with van der Waals surface area (Å²) >= 11 is -2.08. The molecular weight excluding hydrogens is 435 g/mol. The molecule has 3 atom stereocenters. The summed E-state index contributed by atoms with van der Waals surface area (Å²) in [6.45, 7) is 22.2. The third-order valence-corrected chi connectivity index (χ3v) is 7.75. The summed E-state index contributed by atoms with van der Waals surface area (Å²) in [5.74, 6) is 1.99. The van der Waals surface area contributed by atoms with E-state index in [1.165, 1.54) is 36.0 Å². The molecule has 0 aromatic heterocycles. The van der Waals surface area contributed by atoms with Crippen molar-refractivity contribution in [3.8, 4) is 0 Å². The minimum Gasteiger partial charge on any atom is -0.454 e. The van der Waals surface area contributed by atoms with Gasteiger partial charge in [-0.15, -0.1) is 0 Å². The van der Waals surface area contributed by atoms with Gasteiger partial charge < -0.3 is 11.4 Å². The van der Waals surface area contributed by atoms with E-state index < -0.39 is 15.1 Å². The molecular formula is C30H57AlO3. The Balaban J connectivity index is 4.42. The van der Waals surface area contributed by atoms with Gasteiger partial charge in [-0.3, -0.25) is 0 Å². The predicted molar refractivity (Wildman–Crippen MR) is 151 cm³/mol. The van der Waals surface area contributed by atoms with Crippen molar-refractivity contribution in [1.29, 1.82) is 0 Å². The van der Waals surface area contributed by atoms with Gasteiger partial charge in [0.05, 0.1) is 0 Å². The van der Waals surface area contributed by atoms with Gasteiger partial charge >= 0.3 is 15.1 Å². The van der Waals surface area contributed by atoms with E-state index in [-0.39, 0.29) is 0 Å². The molecule has 3 unspecified atom stereocenters. The molecule has 4 heteroatoms. The molecule has 0 saturated heterocycles. The summed E-state index contributed by atoms with van der Waals surface area (Å²) < 4.78 is 18.6.